The maximum atomic E-state index is 11.4. The zero-order chi connectivity index (χ0) is 10.6. The lowest BCUT2D eigenvalue weighted by Gasteiger charge is -2.09. The summed E-state index contributed by atoms with van der Waals surface area (Å²) in [6.45, 7) is 4.24. The van der Waals surface area contributed by atoms with E-state index < -0.39 is 0 Å². The Morgan fingerprint density at radius 2 is 2.29 bits per heavy atom. The van der Waals surface area contributed by atoms with Gasteiger partial charge in [-0.2, -0.15) is 0 Å². The third kappa shape index (κ3) is 2.59. The number of rotatable bonds is 3. The molecule has 1 radical (unpaired) electrons. The van der Waals surface area contributed by atoms with Crippen molar-refractivity contribution in [3.05, 3.63) is 35.4 Å². The van der Waals surface area contributed by atoms with Gasteiger partial charge in [-0.05, 0) is 30.0 Å². The Kier molecular flexibility index (Phi) is 3.69. The topological polar surface area (TPSA) is 26.3 Å². The highest BCUT2D eigenvalue weighted by Crippen LogP contribution is 2.14. The molecule has 0 spiro atoms. The van der Waals surface area contributed by atoms with Gasteiger partial charge in [-0.1, -0.05) is 26.0 Å². The van der Waals surface area contributed by atoms with E-state index in [2.05, 4.69) is 19.9 Å². The van der Waals surface area contributed by atoms with Gasteiger partial charge in [0.05, 0.1) is 12.7 Å². The predicted octanol–water partition coefficient (Wildman–Crippen LogP) is 2.47. The standard InChI is InChI=1S/C12H15O2/c1-9(2)8-10-6-4-5-7-11(10)12(13)14-3/h5-7,9H,8H2,1-3H3. The number of ether oxygens (including phenoxy) is 1. The van der Waals surface area contributed by atoms with Gasteiger partial charge >= 0.3 is 5.97 Å². The van der Waals surface area contributed by atoms with Crippen molar-refractivity contribution in [3.63, 3.8) is 0 Å². The van der Waals surface area contributed by atoms with Gasteiger partial charge in [-0.3, -0.25) is 0 Å². The van der Waals surface area contributed by atoms with Crippen LogP contribution in [-0.2, 0) is 11.2 Å². The van der Waals surface area contributed by atoms with Crippen LogP contribution in [0.5, 0.6) is 0 Å². The molecular weight excluding hydrogens is 176 g/mol. The molecule has 0 aliphatic rings. The second-order valence-electron chi connectivity index (χ2n) is 3.67. The van der Waals surface area contributed by atoms with Gasteiger partial charge in [0.25, 0.3) is 0 Å². The number of hydrogen-bond acceptors (Lipinski definition) is 2. The molecule has 0 heterocycles. The molecule has 1 rings (SSSR count). The monoisotopic (exact) mass is 191 g/mol. The lowest BCUT2D eigenvalue weighted by Crippen LogP contribution is -2.07. The van der Waals surface area contributed by atoms with Crippen LogP contribution in [0.15, 0.2) is 18.2 Å². The van der Waals surface area contributed by atoms with Crippen LogP contribution in [0.2, 0.25) is 0 Å². The zero-order valence-corrected chi connectivity index (χ0v) is 8.83. The van der Waals surface area contributed by atoms with Crippen molar-refractivity contribution in [2.24, 2.45) is 5.92 Å². The number of esters is 1. The van der Waals surface area contributed by atoms with E-state index >= 15 is 0 Å². The zero-order valence-electron chi connectivity index (χ0n) is 8.83. The summed E-state index contributed by atoms with van der Waals surface area (Å²) in [5, 5.41) is 0. The molecule has 0 aliphatic carbocycles. The van der Waals surface area contributed by atoms with E-state index in [1.165, 1.54) is 7.11 Å². The van der Waals surface area contributed by atoms with Gasteiger partial charge in [0.2, 0.25) is 0 Å². The lowest BCUT2D eigenvalue weighted by atomic mass is 9.98. The Bertz CT molecular complexity index is 316. The summed E-state index contributed by atoms with van der Waals surface area (Å²) in [5.41, 5.74) is 1.66. The average Bonchev–Trinajstić information content (AvgIpc) is 2.16. The van der Waals surface area contributed by atoms with E-state index in [1.807, 2.05) is 6.07 Å². The van der Waals surface area contributed by atoms with Crippen LogP contribution in [0, 0.1) is 12.0 Å². The van der Waals surface area contributed by atoms with Crippen molar-refractivity contribution >= 4 is 5.97 Å². The first-order valence-electron chi connectivity index (χ1n) is 4.72. The van der Waals surface area contributed by atoms with Crippen LogP contribution < -0.4 is 0 Å². The molecule has 0 saturated carbocycles. The van der Waals surface area contributed by atoms with Crippen LogP contribution in [0.25, 0.3) is 0 Å². The van der Waals surface area contributed by atoms with Crippen molar-refractivity contribution < 1.29 is 9.53 Å². The quantitative estimate of drug-likeness (QED) is 0.686. The maximum Gasteiger partial charge on any atom is 0.338 e. The third-order valence-corrected chi connectivity index (χ3v) is 1.98. The van der Waals surface area contributed by atoms with Crippen molar-refractivity contribution in [2.75, 3.05) is 7.11 Å². The molecule has 0 atom stereocenters. The number of carbonyl (C=O) groups excluding carboxylic acids is 1. The smallest absolute Gasteiger partial charge is 0.338 e. The van der Waals surface area contributed by atoms with Crippen molar-refractivity contribution in [1.29, 1.82) is 0 Å². The Hall–Kier alpha value is -1.31. The fraction of sp³-hybridized carbons (Fsp3) is 0.417. The molecule has 0 aromatic heterocycles. The summed E-state index contributed by atoms with van der Waals surface area (Å²) in [6, 6.07) is 8.32. The predicted molar refractivity (Wildman–Crippen MR) is 55.2 cm³/mol. The molecule has 1 aromatic rings. The largest absolute Gasteiger partial charge is 0.465 e. The SMILES string of the molecule is COC(=O)c1cc[c]cc1CC(C)C. The molecule has 2 heteroatoms. The highest BCUT2D eigenvalue weighted by atomic mass is 16.5. The Morgan fingerprint density at radius 3 is 2.86 bits per heavy atom. The fourth-order valence-electron chi connectivity index (χ4n) is 1.38. The minimum atomic E-state index is -0.269. The first-order chi connectivity index (χ1) is 6.65. The van der Waals surface area contributed by atoms with Crippen LogP contribution in [0.3, 0.4) is 0 Å². The summed E-state index contributed by atoms with van der Waals surface area (Å²) in [6.07, 6.45) is 0.877. The van der Waals surface area contributed by atoms with Gasteiger partial charge in [0, 0.05) is 0 Å². The molecule has 0 unspecified atom stereocenters. The fourth-order valence-corrected chi connectivity index (χ4v) is 1.38. The lowest BCUT2D eigenvalue weighted by molar-refractivity contribution is 0.0599. The molecule has 0 saturated heterocycles. The number of hydrogen-bond donors (Lipinski definition) is 0. The summed E-state index contributed by atoms with van der Waals surface area (Å²) in [4.78, 5) is 11.4. The Labute approximate surface area is 84.9 Å². The number of methoxy groups -OCH3 is 1. The minimum absolute atomic E-state index is 0.269. The summed E-state index contributed by atoms with van der Waals surface area (Å²) >= 11 is 0. The maximum absolute atomic E-state index is 11.4. The van der Waals surface area contributed by atoms with E-state index in [4.69, 9.17) is 4.74 Å². The third-order valence-electron chi connectivity index (χ3n) is 1.98. The van der Waals surface area contributed by atoms with Crippen molar-refractivity contribution in [1.82, 2.24) is 0 Å². The molecule has 0 aliphatic heterocycles. The molecular formula is C12H15O2. The highest BCUT2D eigenvalue weighted by molar-refractivity contribution is 5.90. The van der Waals surface area contributed by atoms with Gasteiger partial charge < -0.3 is 4.74 Å². The molecule has 0 amide bonds. The van der Waals surface area contributed by atoms with Crippen molar-refractivity contribution in [3.8, 4) is 0 Å². The molecule has 2 nitrogen and oxygen atoms in total. The van der Waals surface area contributed by atoms with Gasteiger partial charge in [-0.25, -0.2) is 4.79 Å². The van der Waals surface area contributed by atoms with Crippen molar-refractivity contribution in [2.45, 2.75) is 20.3 Å². The van der Waals surface area contributed by atoms with E-state index in [0.29, 0.717) is 11.5 Å². The van der Waals surface area contributed by atoms with Gasteiger partial charge in [0.15, 0.2) is 0 Å². The van der Waals surface area contributed by atoms with Crippen LogP contribution in [0.4, 0.5) is 0 Å². The molecule has 0 bridgehead atoms. The normalized spacial score (nSPS) is 10.3. The highest BCUT2D eigenvalue weighted by Gasteiger charge is 2.11. The molecule has 1 aromatic carbocycles. The average molecular weight is 191 g/mol. The molecule has 14 heavy (non-hydrogen) atoms. The first-order valence-corrected chi connectivity index (χ1v) is 4.72. The van der Waals surface area contributed by atoms with Gasteiger partial charge in [0.1, 0.15) is 0 Å². The van der Waals surface area contributed by atoms with E-state index in [9.17, 15) is 4.79 Å². The second-order valence-corrected chi connectivity index (χ2v) is 3.67. The van der Waals surface area contributed by atoms with Crippen LogP contribution in [0.1, 0.15) is 29.8 Å². The molecule has 75 valence electrons. The summed E-state index contributed by atoms with van der Waals surface area (Å²) in [7, 11) is 1.40. The Balaban J connectivity index is 2.97. The van der Waals surface area contributed by atoms with Crippen LogP contribution >= 0.6 is 0 Å². The van der Waals surface area contributed by atoms with E-state index in [0.717, 1.165) is 12.0 Å². The van der Waals surface area contributed by atoms with Crippen LogP contribution in [-0.4, -0.2) is 13.1 Å². The first kappa shape index (κ1) is 10.8. The Morgan fingerprint density at radius 1 is 1.57 bits per heavy atom. The minimum Gasteiger partial charge on any atom is -0.465 e. The second kappa shape index (κ2) is 4.80. The van der Waals surface area contributed by atoms with E-state index in [-0.39, 0.29) is 5.97 Å². The molecule has 0 N–H and O–H groups in total. The van der Waals surface area contributed by atoms with E-state index in [1.54, 1.807) is 12.1 Å². The van der Waals surface area contributed by atoms with Gasteiger partial charge in [-0.15, -0.1) is 0 Å². The summed E-state index contributed by atoms with van der Waals surface area (Å²) < 4.78 is 4.71. The number of carbonyl (C=O) groups is 1. The summed E-state index contributed by atoms with van der Waals surface area (Å²) in [5.74, 6) is 0.254. The molecule has 0 fully saturated rings. The number of benzene rings is 1.